The summed E-state index contributed by atoms with van der Waals surface area (Å²) < 4.78 is 54.6. The van der Waals surface area contributed by atoms with E-state index in [2.05, 4.69) is 0 Å². The van der Waals surface area contributed by atoms with Crippen molar-refractivity contribution in [2.45, 2.75) is 19.7 Å². The Balaban J connectivity index is 2.95. The molecule has 0 aliphatic carbocycles. The summed E-state index contributed by atoms with van der Waals surface area (Å²) in [5.74, 6) is -1.26. The Hall–Kier alpha value is -1.10. The van der Waals surface area contributed by atoms with Crippen molar-refractivity contribution in [2.24, 2.45) is 0 Å². The number of benzene rings is 1. The average Bonchev–Trinajstić information content (AvgIpc) is 2.15. The van der Waals surface area contributed by atoms with Crippen LogP contribution in [0.4, 0.5) is 17.6 Å². The van der Waals surface area contributed by atoms with Gasteiger partial charge in [-0.05, 0) is 24.6 Å². The van der Waals surface area contributed by atoms with Gasteiger partial charge >= 0.3 is 6.18 Å². The van der Waals surface area contributed by atoms with Crippen LogP contribution < -0.4 is 0 Å². The molecule has 0 N–H and O–H groups in total. The Bertz CT molecular complexity index is 333. The second kappa shape index (κ2) is 4.61. The van der Waals surface area contributed by atoms with Gasteiger partial charge in [-0.1, -0.05) is 6.07 Å². The molecule has 0 amide bonds. The lowest BCUT2D eigenvalue weighted by atomic mass is 10.1. The molecule has 1 nitrogen and oxygen atoms in total. The van der Waals surface area contributed by atoms with Crippen molar-refractivity contribution in [3.05, 3.63) is 35.1 Å². The highest BCUT2D eigenvalue weighted by Gasteiger charge is 2.34. The fourth-order valence-corrected chi connectivity index (χ4v) is 1.10. The van der Waals surface area contributed by atoms with Crippen LogP contribution in [0.25, 0.3) is 0 Å². The number of hydrogen-bond donors (Lipinski definition) is 0. The summed E-state index contributed by atoms with van der Waals surface area (Å²) in [5.41, 5.74) is -0.940. The van der Waals surface area contributed by atoms with Gasteiger partial charge in [0, 0.05) is 6.61 Å². The van der Waals surface area contributed by atoms with Crippen LogP contribution in [-0.2, 0) is 17.5 Å². The first kappa shape index (κ1) is 12.0. The Morgan fingerprint density at radius 3 is 2.47 bits per heavy atom. The van der Waals surface area contributed by atoms with E-state index < -0.39 is 17.6 Å². The molecular weight excluding hydrogens is 212 g/mol. The van der Waals surface area contributed by atoms with Crippen LogP contribution in [0, 0.1) is 5.82 Å². The summed E-state index contributed by atoms with van der Waals surface area (Å²) in [4.78, 5) is 0. The van der Waals surface area contributed by atoms with Crippen molar-refractivity contribution in [3.63, 3.8) is 0 Å². The molecule has 0 aromatic heterocycles. The Labute approximate surface area is 84.7 Å². The Morgan fingerprint density at radius 1 is 1.27 bits per heavy atom. The van der Waals surface area contributed by atoms with E-state index in [0.717, 1.165) is 12.1 Å². The van der Waals surface area contributed by atoms with E-state index in [1.54, 1.807) is 6.92 Å². The molecule has 0 radical (unpaired) electrons. The zero-order chi connectivity index (χ0) is 11.5. The summed E-state index contributed by atoms with van der Waals surface area (Å²) in [5, 5.41) is 0. The molecule has 0 spiro atoms. The van der Waals surface area contributed by atoms with Gasteiger partial charge < -0.3 is 4.74 Å². The SMILES string of the molecule is CCOCc1ccc(F)c(C(F)(F)F)c1. The van der Waals surface area contributed by atoms with Gasteiger partial charge in [0.25, 0.3) is 0 Å². The van der Waals surface area contributed by atoms with Gasteiger partial charge in [-0.25, -0.2) is 4.39 Å². The van der Waals surface area contributed by atoms with Crippen molar-refractivity contribution in [1.82, 2.24) is 0 Å². The first-order chi connectivity index (χ1) is 6.95. The maximum atomic E-state index is 12.8. The van der Waals surface area contributed by atoms with Gasteiger partial charge in [-0.2, -0.15) is 13.2 Å². The standard InChI is InChI=1S/C10H10F4O/c1-2-15-6-7-3-4-9(11)8(5-7)10(12,13)14/h3-5H,2,6H2,1H3. The second-order valence-corrected chi connectivity index (χ2v) is 2.95. The van der Waals surface area contributed by atoms with Crippen LogP contribution in [-0.4, -0.2) is 6.61 Å². The molecule has 1 aromatic rings. The summed E-state index contributed by atoms with van der Waals surface area (Å²) >= 11 is 0. The van der Waals surface area contributed by atoms with E-state index in [1.807, 2.05) is 0 Å². The predicted molar refractivity (Wildman–Crippen MR) is 46.7 cm³/mol. The van der Waals surface area contributed by atoms with E-state index in [9.17, 15) is 17.6 Å². The van der Waals surface area contributed by atoms with Crippen LogP contribution in [0.2, 0.25) is 0 Å². The van der Waals surface area contributed by atoms with E-state index in [4.69, 9.17) is 4.74 Å². The number of ether oxygens (including phenoxy) is 1. The Kier molecular flexibility index (Phi) is 3.68. The van der Waals surface area contributed by atoms with Gasteiger partial charge in [-0.3, -0.25) is 0 Å². The first-order valence-electron chi connectivity index (χ1n) is 4.38. The predicted octanol–water partition coefficient (Wildman–Crippen LogP) is 3.38. The third-order valence-electron chi connectivity index (χ3n) is 1.81. The number of rotatable bonds is 3. The van der Waals surface area contributed by atoms with Crippen LogP contribution >= 0.6 is 0 Å². The molecule has 0 atom stereocenters. The highest BCUT2D eigenvalue weighted by Crippen LogP contribution is 2.31. The van der Waals surface area contributed by atoms with Gasteiger partial charge in [0.05, 0.1) is 12.2 Å². The maximum Gasteiger partial charge on any atom is 0.419 e. The third kappa shape index (κ3) is 3.20. The van der Waals surface area contributed by atoms with Crippen LogP contribution in [0.1, 0.15) is 18.1 Å². The van der Waals surface area contributed by atoms with E-state index in [1.165, 1.54) is 6.07 Å². The highest BCUT2D eigenvalue weighted by molar-refractivity contribution is 5.26. The number of hydrogen-bond acceptors (Lipinski definition) is 1. The van der Waals surface area contributed by atoms with Crippen LogP contribution in [0.15, 0.2) is 18.2 Å². The first-order valence-corrected chi connectivity index (χ1v) is 4.38. The highest BCUT2D eigenvalue weighted by atomic mass is 19.4. The smallest absolute Gasteiger partial charge is 0.377 e. The second-order valence-electron chi connectivity index (χ2n) is 2.95. The molecule has 5 heteroatoms. The third-order valence-corrected chi connectivity index (χ3v) is 1.81. The van der Waals surface area contributed by atoms with Crippen LogP contribution in [0.3, 0.4) is 0 Å². The molecule has 1 aromatic carbocycles. The zero-order valence-electron chi connectivity index (χ0n) is 8.07. The molecule has 0 aliphatic rings. The van der Waals surface area contributed by atoms with Gasteiger partial charge in [-0.15, -0.1) is 0 Å². The normalized spacial score (nSPS) is 11.8. The molecule has 15 heavy (non-hydrogen) atoms. The van der Waals surface area contributed by atoms with Crippen molar-refractivity contribution >= 4 is 0 Å². The van der Waals surface area contributed by atoms with E-state index in [-0.39, 0.29) is 6.61 Å². The van der Waals surface area contributed by atoms with Crippen molar-refractivity contribution in [3.8, 4) is 0 Å². The fraction of sp³-hybridized carbons (Fsp3) is 0.400. The molecular formula is C10H10F4O. The van der Waals surface area contributed by atoms with E-state index in [0.29, 0.717) is 12.2 Å². The van der Waals surface area contributed by atoms with Crippen molar-refractivity contribution in [1.29, 1.82) is 0 Å². The largest absolute Gasteiger partial charge is 0.419 e. The fourth-order valence-electron chi connectivity index (χ4n) is 1.10. The molecule has 0 heterocycles. The van der Waals surface area contributed by atoms with Gasteiger partial charge in [0.1, 0.15) is 5.82 Å². The molecule has 0 unspecified atom stereocenters. The van der Waals surface area contributed by atoms with Crippen molar-refractivity contribution < 1.29 is 22.3 Å². The van der Waals surface area contributed by atoms with E-state index >= 15 is 0 Å². The number of halogens is 4. The molecule has 0 saturated carbocycles. The van der Waals surface area contributed by atoms with Crippen molar-refractivity contribution in [2.75, 3.05) is 6.61 Å². The summed E-state index contributed by atoms with van der Waals surface area (Å²) in [6.07, 6.45) is -4.66. The molecule has 0 saturated heterocycles. The molecule has 0 aliphatic heterocycles. The Morgan fingerprint density at radius 2 is 1.93 bits per heavy atom. The summed E-state index contributed by atoms with van der Waals surface area (Å²) in [6, 6.07) is 2.85. The minimum absolute atomic E-state index is 0.0554. The molecule has 0 fully saturated rings. The monoisotopic (exact) mass is 222 g/mol. The molecule has 0 bridgehead atoms. The summed E-state index contributed by atoms with van der Waals surface area (Å²) in [6.45, 7) is 2.19. The van der Waals surface area contributed by atoms with Gasteiger partial charge in [0.2, 0.25) is 0 Å². The number of alkyl halides is 3. The molecule has 1 rings (SSSR count). The van der Waals surface area contributed by atoms with Crippen LogP contribution in [0.5, 0.6) is 0 Å². The quantitative estimate of drug-likeness (QED) is 0.712. The topological polar surface area (TPSA) is 9.23 Å². The minimum Gasteiger partial charge on any atom is -0.377 e. The lowest BCUT2D eigenvalue weighted by molar-refractivity contribution is -0.140. The maximum absolute atomic E-state index is 12.8. The minimum atomic E-state index is -4.66. The average molecular weight is 222 g/mol. The summed E-state index contributed by atoms with van der Waals surface area (Å²) in [7, 11) is 0. The van der Waals surface area contributed by atoms with Gasteiger partial charge in [0.15, 0.2) is 0 Å². The lowest BCUT2D eigenvalue weighted by Gasteiger charge is -2.09. The molecule has 84 valence electrons. The zero-order valence-corrected chi connectivity index (χ0v) is 8.07. The lowest BCUT2D eigenvalue weighted by Crippen LogP contribution is -2.09.